The van der Waals surface area contributed by atoms with Gasteiger partial charge in [-0.2, -0.15) is 0 Å². The Morgan fingerprint density at radius 3 is 2.50 bits per heavy atom. The number of carbonyl (C=O) groups excluding carboxylic acids is 1. The highest BCUT2D eigenvalue weighted by atomic mass is 16.5. The maximum Gasteiger partial charge on any atom is 0.241 e. The fraction of sp³-hybridized carbons (Fsp3) is 0.292. The third kappa shape index (κ3) is 6.39. The molecule has 3 rings (SSSR count). The summed E-state index contributed by atoms with van der Waals surface area (Å²) in [6, 6.07) is 15.1. The first-order chi connectivity index (χ1) is 14.8. The first-order valence-corrected chi connectivity index (χ1v) is 10.3. The molecule has 6 nitrogen and oxygen atoms in total. The van der Waals surface area contributed by atoms with Crippen molar-refractivity contribution in [2.45, 2.75) is 25.8 Å². The molecule has 156 valence electrons. The molecule has 3 aromatic rings. The van der Waals surface area contributed by atoms with E-state index in [1.807, 2.05) is 61.7 Å². The Bertz CT molecular complexity index is 903. The van der Waals surface area contributed by atoms with Gasteiger partial charge in [-0.05, 0) is 55.2 Å². The van der Waals surface area contributed by atoms with E-state index in [1.165, 1.54) is 5.56 Å². The molecule has 6 heteroatoms. The van der Waals surface area contributed by atoms with Gasteiger partial charge in [-0.15, -0.1) is 0 Å². The number of aromatic nitrogens is 2. The summed E-state index contributed by atoms with van der Waals surface area (Å²) >= 11 is 0. The summed E-state index contributed by atoms with van der Waals surface area (Å²) in [6.45, 7) is 3.69. The van der Waals surface area contributed by atoms with Gasteiger partial charge >= 0.3 is 0 Å². The van der Waals surface area contributed by atoms with Crippen molar-refractivity contribution in [2.24, 2.45) is 0 Å². The number of hydrogen-bond acceptors (Lipinski definition) is 5. The van der Waals surface area contributed by atoms with Gasteiger partial charge in [0.05, 0.1) is 6.61 Å². The van der Waals surface area contributed by atoms with Gasteiger partial charge in [-0.25, -0.2) is 0 Å². The lowest BCUT2D eigenvalue weighted by Gasteiger charge is -2.21. The van der Waals surface area contributed by atoms with Crippen LogP contribution in [0.1, 0.15) is 29.7 Å². The molecule has 0 fully saturated rings. The number of hydrogen-bond donors (Lipinski definition) is 2. The number of amides is 1. The van der Waals surface area contributed by atoms with Crippen molar-refractivity contribution < 1.29 is 9.53 Å². The van der Waals surface area contributed by atoms with E-state index in [0.717, 1.165) is 29.7 Å². The normalized spacial score (nSPS) is 11.6. The lowest BCUT2D eigenvalue weighted by Crippen LogP contribution is -2.39. The summed E-state index contributed by atoms with van der Waals surface area (Å²) in [5, 5.41) is 6.46. The molecule has 0 bridgehead atoms. The number of ether oxygens (including phenoxy) is 1. The molecule has 1 amide bonds. The number of nitrogens with one attached hydrogen (secondary N) is 2. The molecular weight excluding hydrogens is 376 g/mol. The standard InChI is InChI=1S/C24H28N4O2/c1-2-30-22-8-4-3-7-21(22)23(27-16-11-19-9-14-25-15-10-19)24(29)28-17-12-20-6-5-13-26-18-20/h3-10,13-15,18,23,27H,2,11-12,16-17H2,1H3,(H,28,29). The van der Waals surface area contributed by atoms with Crippen LogP contribution in [0.25, 0.3) is 0 Å². The summed E-state index contributed by atoms with van der Waals surface area (Å²) in [5.41, 5.74) is 3.11. The summed E-state index contributed by atoms with van der Waals surface area (Å²) in [6.07, 6.45) is 8.66. The maximum atomic E-state index is 13.1. The Labute approximate surface area is 177 Å². The topological polar surface area (TPSA) is 76.1 Å². The lowest BCUT2D eigenvalue weighted by atomic mass is 10.0. The molecule has 0 aliphatic heterocycles. The van der Waals surface area contributed by atoms with Crippen molar-refractivity contribution in [3.63, 3.8) is 0 Å². The second-order valence-electron chi connectivity index (χ2n) is 6.87. The Kier molecular flexibility index (Phi) is 8.35. The van der Waals surface area contributed by atoms with E-state index in [4.69, 9.17) is 4.74 Å². The molecule has 1 aromatic carbocycles. The summed E-state index contributed by atoms with van der Waals surface area (Å²) in [4.78, 5) is 21.2. The zero-order chi connectivity index (χ0) is 21.0. The van der Waals surface area contributed by atoms with Crippen LogP contribution in [0, 0.1) is 0 Å². The summed E-state index contributed by atoms with van der Waals surface area (Å²) < 4.78 is 5.77. The second-order valence-corrected chi connectivity index (χ2v) is 6.87. The third-order valence-electron chi connectivity index (χ3n) is 4.74. The van der Waals surface area contributed by atoms with E-state index in [1.54, 1.807) is 18.6 Å². The SMILES string of the molecule is CCOc1ccccc1C(NCCc1ccncc1)C(=O)NCCc1cccnc1. The number of carbonyl (C=O) groups is 1. The second kappa shape index (κ2) is 11.7. The van der Waals surface area contributed by atoms with Gasteiger partial charge in [-0.3, -0.25) is 14.8 Å². The van der Waals surface area contributed by atoms with Crippen LogP contribution in [0.2, 0.25) is 0 Å². The quantitative estimate of drug-likeness (QED) is 0.514. The molecule has 0 saturated carbocycles. The molecule has 1 unspecified atom stereocenters. The van der Waals surface area contributed by atoms with E-state index >= 15 is 0 Å². The average molecular weight is 405 g/mol. The van der Waals surface area contributed by atoms with Crippen molar-refractivity contribution in [2.75, 3.05) is 19.7 Å². The van der Waals surface area contributed by atoms with Crippen LogP contribution in [0.15, 0.2) is 73.3 Å². The van der Waals surface area contributed by atoms with Crippen LogP contribution >= 0.6 is 0 Å². The van der Waals surface area contributed by atoms with Gasteiger partial charge in [0, 0.05) is 43.4 Å². The minimum atomic E-state index is -0.497. The smallest absolute Gasteiger partial charge is 0.241 e. The van der Waals surface area contributed by atoms with Crippen molar-refractivity contribution in [1.29, 1.82) is 0 Å². The highest BCUT2D eigenvalue weighted by Crippen LogP contribution is 2.25. The Morgan fingerprint density at radius 1 is 0.933 bits per heavy atom. The van der Waals surface area contributed by atoms with Crippen molar-refractivity contribution in [1.82, 2.24) is 20.6 Å². The molecule has 2 aromatic heterocycles. The monoisotopic (exact) mass is 404 g/mol. The number of para-hydroxylation sites is 1. The minimum absolute atomic E-state index is 0.0687. The van der Waals surface area contributed by atoms with Crippen molar-refractivity contribution in [3.05, 3.63) is 90.0 Å². The number of rotatable bonds is 11. The molecule has 0 aliphatic carbocycles. The van der Waals surface area contributed by atoms with E-state index in [-0.39, 0.29) is 5.91 Å². The highest BCUT2D eigenvalue weighted by molar-refractivity contribution is 5.84. The Balaban J connectivity index is 1.67. The number of benzene rings is 1. The van der Waals surface area contributed by atoms with Crippen LogP contribution in [0.3, 0.4) is 0 Å². The van der Waals surface area contributed by atoms with E-state index in [9.17, 15) is 4.79 Å². The molecule has 0 aliphatic rings. The molecule has 2 heterocycles. The molecule has 0 saturated heterocycles. The van der Waals surface area contributed by atoms with Crippen LogP contribution in [0.4, 0.5) is 0 Å². The molecular formula is C24H28N4O2. The van der Waals surface area contributed by atoms with Crippen molar-refractivity contribution >= 4 is 5.91 Å². The Hall–Kier alpha value is -3.25. The van der Waals surface area contributed by atoms with Crippen LogP contribution < -0.4 is 15.4 Å². The van der Waals surface area contributed by atoms with Gasteiger partial charge in [0.25, 0.3) is 0 Å². The summed E-state index contributed by atoms with van der Waals surface area (Å²) in [5.74, 6) is 0.657. The van der Waals surface area contributed by atoms with Crippen LogP contribution in [-0.4, -0.2) is 35.6 Å². The van der Waals surface area contributed by atoms with Gasteiger partial charge in [0.2, 0.25) is 5.91 Å². The van der Waals surface area contributed by atoms with E-state index in [2.05, 4.69) is 20.6 Å². The Morgan fingerprint density at radius 2 is 1.73 bits per heavy atom. The van der Waals surface area contributed by atoms with Crippen LogP contribution in [0.5, 0.6) is 5.75 Å². The molecule has 0 spiro atoms. The van der Waals surface area contributed by atoms with Gasteiger partial charge in [0.1, 0.15) is 11.8 Å². The number of nitrogens with zero attached hydrogens (tertiary/aromatic N) is 2. The largest absolute Gasteiger partial charge is 0.494 e. The summed E-state index contributed by atoms with van der Waals surface area (Å²) in [7, 11) is 0. The zero-order valence-corrected chi connectivity index (χ0v) is 17.3. The maximum absolute atomic E-state index is 13.1. The molecule has 1 atom stereocenters. The van der Waals surface area contributed by atoms with E-state index < -0.39 is 6.04 Å². The first-order valence-electron chi connectivity index (χ1n) is 10.3. The third-order valence-corrected chi connectivity index (χ3v) is 4.74. The zero-order valence-electron chi connectivity index (χ0n) is 17.3. The average Bonchev–Trinajstić information content (AvgIpc) is 2.79. The van der Waals surface area contributed by atoms with E-state index in [0.29, 0.717) is 19.7 Å². The molecule has 0 radical (unpaired) electrons. The predicted molar refractivity (Wildman–Crippen MR) is 117 cm³/mol. The highest BCUT2D eigenvalue weighted by Gasteiger charge is 2.23. The first kappa shape index (κ1) is 21.5. The lowest BCUT2D eigenvalue weighted by molar-refractivity contribution is -0.123. The van der Waals surface area contributed by atoms with Gasteiger partial charge in [-0.1, -0.05) is 24.3 Å². The van der Waals surface area contributed by atoms with Crippen molar-refractivity contribution in [3.8, 4) is 5.75 Å². The van der Waals surface area contributed by atoms with Gasteiger partial charge in [0.15, 0.2) is 0 Å². The minimum Gasteiger partial charge on any atom is -0.494 e. The number of pyridine rings is 2. The van der Waals surface area contributed by atoms with Crippen LogP contribution in [-0.2, 0) is 17.6 Å². The molecule has 2 N–H and O–H groups in total. The molecule has 30 heavy (non-hydrogen) atoms. The predicted octanol–water partition coefficient (Wildman–Crippen LogP) is 3.11. The van der Waals surface area contributed by atoms with Gasteiger partial charge < -0.3 is 15.4 Å². The fourth-order valence-corrected chi connectivity index (χ4v) is 3.24. The fourth-order valence-electron chi connectivity index (χ4n) is 3.24.